The minimum atomic E-state index is -1.48. The molecule has 0 spiro atoms. The minimum absolute atomic E-state index is 1.37. The van der Waals surface area contributed by atoms with Gasteiger partial charge in [-0.3, -0.25) is 0 Å². The van der Waals surface area contributed by atoms with Crippen LogP contribution in [0, 0.1) is 0 Å². The van der Waals surface area contributed by atoms with Gasteiger partial charge in [0.25, 0.3) is 0 Å². The third-order valence-corrected chi connectivity index (χ3v) is 36.9. The van der Waals surface area contributed by atoms with Crippen LogP contribution in [0.4, 0.5) is 0 Å². The van der Waals surface area contributed by atoms with Crippen LogP contribution >= 0.6 is 14.1 Å². The van der Waals surface area contributed by atoms with Crippen molar-refractivity contribution >= 4 is 14.1 Å². The zero-order valence-electron chi connectivity index (χ0n) is 79.5. The summed E-state index contributed by atoms with van der Waals surface area (Å²) in [6.45, 7) is 14.1. The Morgan fingerprint density at radius 2 is 0.153 bits per heavy atom. The second-order valence-corrected chi connectivity index (χ2v) is 46.2. The van der Waals surface area contributed by atoms with Gasteiger partial charge in [0.05, 0.1) is 0 Å². The van der Waals surface area contributed by atoms with E-state index < -0.39 is 14.1 Å². The lowest BCUT2D eigenvalue weighted by atomic mass is 10.0. The molecule has 0 atom stereocenters. The van der Waals surface area contributed by atoms with Crippen molar-refractivity contribution in [3.8, 4) is 0 Å². The van der Waals surface area contributed by atoms with Gasteiger partial charge in [-0.25, -0.2) is 0 Å². The molecular formula is C108H222NP2+. The molecule has 668 valence electrons. The zero-order chi connectivity index (χ0) is 79.8. The SMILES string of the molecule is CCCCCCCCCCCCCCCCCCP(CCCCCCCCCCCCCCCCCC)(CCCCCCCCCCCCCCCCCC)=[N+]=P(CCCCCCCCCCCCCCCCCC)(CCCCCCCCCCCCCCCCCC)CCCCCCCCCCCCCCCCCC. The molecule has 0 aromatic carbocycles. The summed E-state index contributed by atoms with van der Waals surface area (Å²) in [6.07, 6.45) is 151. The lowest BCUT2D eigenvalue weighted by molar-refractivity contribution is 0.530. The maximum Gasteiger partial charge on any atom is 0.216 e. The Balaban J connectivity index is 7.07. The Kier molecular flexibility index (Phi) is 99.9. The van der Waals surface area contributed by atoms with Crippen LogP contribution in [0.1, 0.15) is 658 Å². The Bertz CT molecular complexity index is 1450. The fraction of sp³-hybridized carbons (Fsp3) is 1.00. The van der Waals surface area contributed by atoms with Crippen LogP contribution in [0.2, 0.25) is 0 Å². The lowest BCUT2D eigenvalue weighted by Gasteiger charge is -2.20. The van der Waals surface area contributed by atoms with Gasteiger partial charge in [-0.05, 0) is 38.5 Å². The van der Waals surface area contributed by atoms with Gasteiger partial charge in [0.15, 0.2) is 0 Å². The van der Waals surface area contributed by atoms with Crippen LogP contribution in [0.15, 0.2) is 0 Å². The Morgan fingerprint density at radius 1 is 0.0901 bits per heavy atom. The van der Waals surface area contributed by atoms with Crippen molar-refractivity contribution < 1.29 is 0 Å². The molecular weight excluding hydrogens is 1370 g/mol. The highest BCUT2D eigenvalue weighted by atomic mass is 31.2. The van der Waals surface area contributed by atoms with Gasteiger partial charge in [0.2, 0.25) is 14.1 Å². The first-order valence-corrected chi connectivity index (χ1v) is 59.1. The highest BCUT2D eigenvalue weighted by molar-refractivity contribution is 7.73. The van der Waals surface area contributed by atoms with Crippen LogP contribution < -0.4 is 4.17 Å². The maximum absolute atomic E-state index is 7.21. The van der Waals surface area contributed by atoms with Crippen molar-refractivity contribution in [2.45, 2.75) is 658 Å². The summed E-state index contributed by atoms with van der Waals surface area (Å²) >= 11 is 0. The first kappa shape index (κ1) is 112. The summed E-state index contributed by atoms with van der Waals surface area (Å²) in [4.78, 5) is 0. The third kappa shape index (κ3) is 89.7. The molecule has 0 fully saturated rings. The smallest absolute Gasteiger partial charge is 0.176 e. The van der Waals surface area contributed by atoms with Crippen LogP contribution in [0.3, 0.4) is 0 Å². The van der Waals surface area contributed by atoms with E-state index in [-0.39, 0.29) is 0 Å². The minimum Gasteiger partial charge on any atom is -0.176 e. The summed E-state index contributed by atoms with van der Waals surface area (Å²) in [7, 11) is -2.96. The van der Waals surface area contributed by atoms with Crippen molar-refractivity contribution in [3.05, 3.63) is 0 Å². The topological polar surface area (TPSA) is 14.1 Å². The van der Waals surface area contributed by atoms with E-state index in [1.807, 2.05) is 0 Å². The molecule has 0 N–H and O–H groups in total. The Hall–Kier alpha value is 0.570. The van der Waals surface area contributed by atoms with Crippen molar-refractivity contribution in [1.82, 2.24) is 4.17 Å². The fourth-order valence-electron chi connectivity index (χ4n) is 19.1. The molecule has 0 saturated carbocycles. The number of rotatable bonds is 102. The van der Waals surface area contributed by atoms with Crippen LogP contribution in [0.5, 0.6) is 0 Å². The van der Waals surface area contributed by atoms with Crippen molar-refractivity contribution in [1.29, 1.82) is 0 Å². The van der Waals surface area contributed by atoms with Gasteiger partial charge in [0.1, 0.15) is 0 Å². The van der Waals surface area contributed by atoms with E-state index in [1.54, 1.807) is 37.0 Å². The van der Waals surface area contributed by atoms with E-state index in [9.17, 15) is 0 Å². The summed E-state index contributed by atoms with van der Waals surface area (Å²) in [5.74, 6) is 0. The van der Waals surface area contributed by atoms with Gasteiger partial charge in [-0.1, -0.05) is 619 Å². The lowest BCUT2D eigenvalue weighted by Crippen LogP contribution is -2.10. The highest BCUT2D eigenvalue weighted by Crippen LogP contribution is 2.56. The molecule has 0 aromatic rings. The van der Waals surface area contributed by atoms with Crippen molar-refractivity contribution in [2.24, 2.45) is 0 Å². The van der Waals surface area contributed by atoms with Crippen molar-refractivity contribution in [3.63, 3.8) is 0 Å². The predicted octanol–water partition coefficient (Wildman–Crippen LogP) is 42.0. The Morgan fingerprint density at radius 3 is 0.225 bits per heavy atom. The highest BCUT2D eigenvalue weighted by Gasteiger charge is 2.35. The monoisotopic (exact) mass is 1600 g/mol. The summed E-state index contributed by atoms with van der Waals surface area (Å²) in [5, 5.41) is 0. The van der Waals surface area contributed by atoms with E-state index >= 15 is 0 Å². The average Bonchev–Trinajstić information content (AvgIpc) is 0.810. The Labute approximate surface area is 708 Å². The molecule has 0 aliphatic rings. The van der Waals surface area contributed by atoms with Crippen molar-refractivity contribution in [2.75, 3.05) is 37.0 Å². The number of unbranched alkanes of at least 4 members (excludes halogenated alkanes) is 90. The van der Waals surface area contributed by atoms with Crippen LogP contribution in [-0.2, 0) is 0 Å². The standard InChI is InChI=1S/C108H222NP2/c1-7-13-19-25-31-37-43-49-55-61-67-73-79-85-91-97-103-110(104-98-92-86-80-74-68-62-56-50-44-38-32-26-20-14-8-2,105-99-93-87-81-75-69-63-57-51-45-39-33-27-21-15-9-3)109-111(106-100-94-88-82-76-70-64-58-52-46-40-34-28-22-16-10-4,107-101-95-89-83-77-71-65-59-53-47-41-35-29-23-17-11-5)108-102-96-90-84-78-72-66-60-54-48-42-36-30-24-18-12-6/h7-108H2,1-6H3/q+1. The molecule has 0 rings (SSSR count). The first-order valence-electron chi connectivity index (χ1n) is 54.5. The first-order chi connectivity index (χ1) is 55.1. The molecule has 0 unspecified atom stereocenters. The molecule has 0 aliphatic carbocycles. The quantitative estimate of drug-likeness (QED) is 0.0327. The van der Waals surface area contributed by atoms with Crippen LogP contribution in [-0.4, -0.2) is 37.0 Å². The zero-order valence-corrected chi connectivity index (χ0v) is 81.3. The number of nitrogens with zero attached hydrogens (tertiary/aromatic N) is 1. The van der Waals surface area contributed by atoms with E-state index in [0.29, 0.717) is 0 Å². The predicted molar refractivity (Wildman–Crippen MR) is 522 cm³/mol. The molecule has 0 heterocycles. The van der Waals surface area contributed by atoms with Gasteiger partial charge in [-0.15, -0.1) is 0 Å². The summed E-state index contributed by atoms with van der Waals surface area (Å²) in [5.41, 5.74) is 0. The molecule has 111 heavy (non-hydrogen) atoms. The molecule has 0 saturated heterocycles. The van der Waals surface area contributed by atoms with E-state index in [2.05, 4.69) is 41.5 Å². The van der Waals surface area contributed by atoms with Crippen LogP contribution in [0.25, 0.3) is 0 Å². The molecule has 0 bridgehead atoms. The molecule has 0 radical (unpaired) electrons. The largest absolute Gasteiger partial charge is 0.216 e. The van der Waals surface area contributed by atoms with Gasteiger partial charge in [-0.2, -0.15) is 4.17 Å². The van der Waals surface area contributed by atoms with Gasteiger partial charge in [0, 0.05) is 37.0 Å². The van der Waals surface area contributed by atoms with Gasteiger partial charge >= 0.3 is 0 Å². The van der Waals surface area contributed by atoms with E-state index in [0.717, 1.165) is 0 Å². The number of hydrogen-bond acceptors (Lipinski definition) is 0. The fourth-order valence-corrected chi connectivity index (χ4v) is 30.6. The van der Waals surface area contributed by atoms with E-state index in [4.69, 9.17) is 4.17 Å². The second kappa shape index (κ2) is 99.4. The van der Waals surface area contributed by atoms with Gasteiger partial charge < -0.3 is 0 Å². The molecule has 0 aliphatic heterocycles. The molecule has 0 amide bonds. The third-order valence-electron chi connectivity index (χ3n) is 26.9. The summed E-state index contributed by atoms with van der Waals surface area (Å²) in [6, 6.07) is 0. The summed E-state index contributed by atoms with van der Waals surface area (Å²) < 4.78 is 7.21. The van der Waals surface area contributed by atoms with E-state index in [1.165, 1.54) is 616 Å². The maximum atomic E-state index is 7.21. The molecule has 1 nitrogen and oxygen atoms in total. The number of hydrogen-bond donors (Lipinski definition) is 0. The molecule has 3 heteroatoms. The average molecular weight is 1600 g/mol. The normalized spacial score (nSPS) is 12.1. The second-order valence-electron chi connectivity index (χ2n) is 38.4. The molecule has 0 aromatic heterocycles.